The third-order valence-electron chi connectivity index (χ3n) is 3.67. The summed E-state index contributed by atoms with van der Waals surface area (Å²) in [6.07, 6.45) is 5.27. The van der Waals surface area contributed by atoms with E-state index in [2.05, 4.69) is 15.1 Å². The molecule has 3 aromatic rings. The van der Waals surface area contributed by atoms with Crippen LogP contribution in [-0.2, 0) is 0 Å². The van der Waals surface area contributed by atoms with Gasteiger partial charge >= 0.3 is 0 Å². The van der Waals surface area contributed by atoms with Gasteiger partial charge in [0.2, 0.25) is 4.80 Å². The highest BCUT2D eigenvalue weighted by atomic mass is 32.1. The summed E-state index contributed by atoms with van der Waals surface area (Å²) in [6, 6.07) is 9.56. The van der Waals surface area contributed by atoms with Gasteiger partial charge in [0.1, 0.15) is 11.5 Å². The fourth-order valence-corrected chi connectivity index (χ4v) is 3.32. The Kier molecular flexibility index (Phi) is 5.80. The van der Waals surface area contributed by atoms with Gasteiger partial charge in [-0.05, 0) is 25.1 Å². The molecule has 0 bridgehead atoms. The molecule has 0 fully saturated rings. The van der Waals surface area contributed by atoms with Crippen LogP contribution in [0, 0.1) is 0 Å². The van der Waals surface area contributed by atoms with E-state index in [1.807, 2.05) is 47.3 Å². The molecule has 0 aliphatic heterocycles. The summed E-state index contributed by atoms with van der Waals surface area (Å²) in [4.78, 5) is 9.48. The Balaban J connectivity index is 2.12. The maximum Gasteiger partial charge on any atom is 0.206 e. The number of thiazole rings is 1. The van der Waals surface area contributed by atoms with Crippen LogP contribution < -0.4 is 14.3 Å². The van der Waals surface area contributed by atoms with Gasteiger partial charge in [0.15, 0.2) is 0 Å². The molecule has 3 rings (SSSR count). The van der Waals surface area contributed by atoms with Gasteiger partial charge < -0.3 is 9.47 Å². The summed E-state index contributed by atoms with van der Waals surface area (Å²) in [5, 5.41) is 6.66. The van der Waals surface area contributed by atoms with Crippen molar-refractivity contribution in [2.75, 3.05) is 20.8 Å². The van der Waals surface area contributed by atoms with Gasteiger partial charge in [0.25, 0.3) is 0 Å². The maximum atomic E-state index is 5.55. The van der Waals surface area contributed by atoms with Crippen LogP contribution in [0.25, 0.3) is 11.3 Å². The zero-order chi connectivity index (χ0) is 18.4. The van der Waals surface area contributed by atoms with Crippen LogP contribution >= 0.6 is 11.3 Å². The summed E-state index contributed by atoms with van der Waals surface area (Å²) in [5.74, 6) is 1.46. The molecule has 26 heavy (non-hydrogen) atoms. The van der Waals surface area contributed by atoms with Crippen molar-refractivity contribution >= 4 is 17.6 Å². The van der Waals surface area contributed by atoms with Crippen LogP contribution in [0.2, 0.25) is 0 Å². The highest BCUT2D eigenvalue weighted by Gasteiger charge is 2.13. The Morgan fingerprint density at radius 1 is 1.23 bits per heavy atom. The van der Waals surface area contributed by atoms with Gasteiger partial charge in [-0.2, -0.15) is 5.10 Å². The molecule has 0 N–H and O–H groups in total. The Labute approximate surface area is 156 Å². The number of benzene rings is 1. The van der Waals surface area contributed by atoms with Gasteiger partial charge in [-0.1, -0.05) is 6.07 Å². The summed E-state index contributed by atoms with van der Waals surface area (Å²) in [7, 11) is 3.28. The van der Waals surface area contributed by atoms with Gasteiger partial charge in [-0.25, -0.2) is 4.68 Å². The number of hydrogen-bond acceptors (Lipinski definition) is 6. The molecule has 0 saturated heterocycles. The zero-order valence-electron chi connectivity index (χ0n) is 14.9. The van der Waals surface area contributed by atoms with Crippen LogP contribution in [0.4, 0.5) is 0 Å². The van der Waals surface area contributed by atoms with E-state index in [4.69, 9.17) is 9.47 Å². The van der Waals surface area contributed by atoms with E-state index in [9.17, 15) is 0 Å². The maximum absolute atomic E-state index is 5.55. The van der Waals surface area contributed by atoms with E-state index >= 15 is 0 Å². The predicted molar refractivity (Wildman–Crippen MR) is 104 cm³/mol. The molecule has 0 amide bonds. The smallest absolute Gasteiger partial charge is 0.206 e. The molecule has 0 saturated carbocycles. The van der Waals surface area contributed by atoms with Gasteiger partial charge in [0.05, 0.1) is 26.1 Å². The van der Waals surface area contributed by atoms with Crippen molar-refractivity contribution in [2.24, 2.45) is 10.1 Å². The largest absolute Gasteiger partial charge is 0.497 e. The molecular formula is C19H20N4O2S. The lowest BCUT2D eigenvalue weighted by atomic mass is 10.1. The van der Waals surface area contributed by atoms with E-state index in [1.165, 1.54) is 11.3 Å². The Morgan fingerprint density at radius 2 is 2.12 bits per heavy atom. The molecule has 0 spiro atoms. The standard InChI is InChI=1S/C19H20N4O2S/c1-4-21-19-23(22-12-14-6-5-9-20-11-14)17(13-26-19)16-8-7-15(24-2)10-18(16)25-3/h5-13H,4H2,1-3H3/b21-19?,22-12-. The fraction of sp³-hybridized carbons (Fsp3) is 0.211. The van der Waals surface area contributed by atoms with E-state index in [-0.39, 0.29) is 0 Å². The minimum Gasteiger partial charge on any atom is -0.497 e. The van der Waals surface area contributed by atoms with Crippen LogP contribution in [0.5, 0.6) is 11.5 Å². The Hall–Kier alpha value is -2.93. The second-order valence-corrected chi connectivity index (χ2v) is 6.12. The first-order valence-corrected chi connectivity index (χ1v) is 9.02. The van der Waals surface area contributed by atoms with Crippen LogP contribution in [-0.4, -0.2) is 36.6 Å². The highest BCUT2D eigenvalue weighted by molar-refractivity contribution is 7.07. The lowest BCUT2D eigenvalue weighted by Gasteiger charge is -2.10. The van der Waals surface area contributed by atoms with Crippen molar-refractivity contribution < 1.29 is 9.47 Å². The van der Waals surface area contributed by atoms with Crippen molar-refractivity contribution in [3.8, 4) is 22.8 Å². The number of rotatable bonds is 6. The van der Waals surface area contributed by atoms with Gasteiger partial charge in [-0.3, -0.25) is 9.98 Å². The van der Waals surface area contributed by atoms with E-state index in [0.717, 1.165) is 33.1 Å². The average Bonchev–Trinajstić information content (AvgIpc) is 3.09. The second-order valence-electron chi connectivity index (χ2n) is 5.29. The monoisotopic (exact) mass is 368 g/mol. The lowest BCUT2D eigenvalue weighted by Crippen LogP contribution is -2.12. The summed E-state index contributed by atoms with van der Waals surface area (Å²) < 4.78 is 12.7. The third-order valence-corrected chi connectivity index (χ3v) is 4.52. The van der Waals surface area contributed by atoms with Crippen molar-refractivity contribution in [2.45, 2.75) is 6.92 Å². The number of pyridine rings is 1. The first kappa shape index (κ1) is 17.9. The predicted octanol–water partition coefficient (Wildman–Crippen LogP) is 3.43. The number of ether oxygens (including phenoxy) is 2. The molecule has 0 aliphatic rings. The molecule has 0 unspecified atom stereocenters. The molecule has 2 heterocycles. The molecule has 1 aromatic carbocycles. The quantitative estimate of drug-likeness (QED) is 0.626. The van der Waals surface area contributed by atoms with Crippen LogP contribution in [0.3, 0.4) is 0 Å². The highest BCUT2D eigenvalue weighted by Crippen LogP contribution is 2.33. The summed E-state index contributed by atoms with van der Waals surface area (Å²) in [6.45, 7) is 2.69. The summed E-state index contributed by atoms with van der Waals surface area (Å²) >= 11 is 1.54. The molecule has 7 heteroatoms. The first-order valence-electron chi connectivity index (χ1n) is 8.14. The molecular weight excluding hydrogens is 348 g/mol. The van der Waals surface area contributed by atoms with Gasteiger partial charge in [0, 0.05) is 41.5 Å². The summed E-state index contributed by atoms with van der Waals surface area (Å²) in [5.41, 5.74) is 2.74. The minimum atomic E-state index is 0.683. The van der Waals surface area contributed by atoms with Crippen molar-refractivity contribution in [1.82, 2.24) is 9.66 Å². The van der Waals surface area contributed by atoms with E-state index in [0.29, 0.717) is 6.54 Å². The van der Waals surface area contributed by atoms with Crippen molar-refractivity contribution in [3.05, 3.63) is 58.5 Å². The topological polar surface area (TPSA) is 61.0 Å². The molecule has 6 nitrogen and oxygen atoms in total. The number of hydrogen-bond donors (Lipinski definition) is 0. The Bertz CT molecular complexity index is 961. The number of aromatic nitrogens is 2. The normalized spacial score (nSPS) is 11.9. The molecule has 2 aromatic heterocycles. The average molecular weight is 368 g/mol. The van der Waals surface area contributed by atoms with Crippen LogP contribution in [0.15, 0.2) is 58.2 Å². The van der Waals surface area contributed by atoms with Crippen LogP contribution in [0.1, 0.15) is 12.5 Å². The number of methoxy groups -OCH3 is 2. The molecule has 0 atom stereocenters. The van der Waals surface area contributed by atoms with Crippen molar-refractivity contribution in [1.29, 1.82) is 0 Å². The molecule has 0 aliphatic carbocycles. The Morgan fingerprint density at radius 3 is 2.81 bits per heavy atom. The first-order chi connectivity index (χ1) is 12.8. The van der Waals surface area contributed by atoms with Gasteiger partial charge in [-0.15, -0.1) is 11.3 Å². The molecule has 134 valence electrons. The third kappa shape index (κ3) is 3.83. The second kappa shape index (κ2) is 8.44. The SMILES string of the molecule is CCN=c1scc(-c2ccc(OC)cc2OC)n1/N=C\c1cccnc1. The lowest BCUT2D eigenvalue weighted by molar-refractivity contribution is 0.395. The molecule has 0 radical (unpaired) electrons. The van der Waals surface area contributed by atoms with E-state index < -0.39 is 0 Å². The van der Waals surface area contributed by atoms with E-state index in [1.54, 1.807) is 32.8 Å². The van der Waals surface area contributed by atoms with Crippen molar-refractivity contribution in [3.63, 3.8) is 0 Å². The fourth-order valence-electron chi connectivity index (χ4n) is 2.43. The number of nitrogens with zero attached hydrogens (tertiary/aromatic N) is 4. The zero-order valence-corrected chi connectivity index (χ0v) is 15.7. The minimum absolute atomic E-state index is 0.683.